The molecule has 19 heavy (non-hydrogen) atoms. The van der Waals surface area contributed by atoms with E-state index < -0.39 is 6.10 Å². The van der Waals surface area contributed by atoms with Crippen molar-refractivity contribution in [3.63, 3.8) is 0 Å². The van der Waals surface area contributed by atoms with Gasteiger partial charge in [0.1, 0.15) is 5.82 Å². The second-order valence-corrected chi connectivity index (χ2v) is 5.49. The third-order valence-electron chi connectivity index (χ3n) is 3.92. The first kappa shape index (κ1) is 14.4. The first-order valence-corrected chi connectivity index (χ1v) is 6.98. The van der Waals surface area contributed by atoms with Crippen LogP contribution in [0, 0.1) is 12.7 Å². The molecule has 0 spiro atoms. The molecule has 1 saturated heterocycles. The van der Waals surface area contributed by atoms with Gasteiger partial charge in [-0.25, -0.2) is 4.39 Å². The van der Waals surface area contributed by atoms with Gasteiger partial charge in [0, 0.05) is 12.6 Å². The van der Waals surface area contributed by atoms with Crippen LogP contribution in [-0.2, 0) is 0 Å². The zero-order valence-corrected chi connectivity index (χ0v) is 11.5. The average Bonchev–Trinajstić information content (AvgIpc) is 2.41. The summed E-state index contributed by atoms with van der Waals surface area (Å²) in [5, 5.41) is 10.1. The Hall–Kier alpha value is -0.970. The van der Waals surface area contributed by atoms with E-state index in [-0.39, 0.29) is 5.82 Å². The summed E-state index contributed by atoms with van der Waals surface area (Å²) >= 11 is 0. The summed E-state index contributed by atoms with van der Waals surface area (Å²) in [4.78, 5) is 2.34. The molecule has 1 aliphatic heterocycles. The fourth-order valence-electron chi connectivity index (χ4n) is 2.52. The number of hydrogen-bond acceptors (Lipinski definition) is 3. The second kappa shape index (κ2) is 6.46. The summed E-state index contributed by atoms with van der Waals surface area (Å²) < 4.78 is 13.2. The van der Waals surface area contributed by atoms with Crippen LogP contribution in [0.15, 0.2) is 18.2 Å². The van der Waals surface area contributed by atoms with Gasteiger partial charge in [-0.2, -0.15) is 0 Å². The molecule has 0 radical (unpaired) electrons. The molecule has 1 aliphatic rings. The lowest BCUT2D eigenvalue weighted by atomic mass is 10.0. The number of halogens is 1. The van der Waals surface area contributed by atoms with Gasteiger partial charge in [-0.1, -0.05) is 12.1 Å². The van der Waals surface area contributed by atoms with E-state index in [2.05, 4.69) is 4.90 Å². The van der Waals surface area contributed by atoms with Gasteiger partial charge in [0.25, 0.3) is 0 Å². The van der Waals surface area contributed by atoms with Crippen molar-refractivity contribution >= 4 is 0 Å². The number of aliphatic hydroxyl groups excluding tert-OH is 1. The SMILES string of the molecule is Cc1cc(C(O)CCN2CCC(N)CC2)ccc1F. The summed E-state index contributed by atoms with van der Waals surface area (Å²) in [6, 6.07) is 5.15. The molecule has 1 fully saturated rings. The van der Waals surface area contributed by atoms with Gasteiger partial charge in [0.15, 0.2) is 0 Å². The lowest BCUT2D eigenvalue weighted by Gasteiger charge is -2.30. The van der Waals surface area contributed by atoms with Crippen molar-refractivity contribution < 1.29 is 9.50 Å². The number of nitrogens with two attached hydrogens (primary N) is 1. The molecule has 1 unspecified atom stereocenters. The molecule has 3 nitrogen and oxygen atoms in total. The molecular weight excluding hydrogens is 243 g/mol. The maximum absolute atomic E-state index is 13.2. The van der Waals surface area contributed by atoms with E-state index in [0.717, 1.165) is 38.0 Å². The molecule has 1 heterocycles. The Balaban J connectivity index is 1.83. The van der Waals surface area contributed by atoms with Crippen molar-refractivity contribution in [2.45, 2.75) is 38.3 Å². The van der Waals surface area contributed by atoms with Crippen LogP contribution in [0.4, 0.5) is 4.39 Å². The first-order valence-electron chi connectivity index (χ1n) is 6.98. The molecule has 1 atom stereocenters. The fraction of sp³-hybridized carbons (Fsp3) is 0.600. The molecule has 0 bridgehead atoms. The minimum Gasteiger partial charge on any atom is -0.388 e. The van der Waals surface area contributed by atoms with Crippen molar-refractivity contribution in [2.24, 2.45) is 5.73 Å². The van der Waals surface area contributed by atoms with E-state index in [4.69, 9.17) is 5.73 Å². The molecule has 0 aliphatic carbocycles. The summed E-state index contributed by atoms with van der Waals surface area (Å²) in [6.45, 7) is 4.61. The molecule has 1 aromatic rings. The highest BCUT2D eigenvalue weighted by Crippen LogP contribution is 2.20. The second-order valence-electron chi connectivity index (χ2n) is 5.49. The van der Waals surface area contributed by atoms with Crippen molar-refractivity contribution in [1.82, 2.24) is 4.90 Å². The molecule has 3 N–H and O–H groups in total. The Labute approximate surface area is 114 Å². The number of benzene rings is 1. The van der Waals surface area contributed by atoms with E-state index in [1.807, 2.05) is 0 Å². The van der Waals surface area contributed by atoms with Crippen LogP contribution < -0.4 is 5.73 Å². The van der Waals surface area contributed by atoms with Crippen molar-refractivity contribution in [1.29, 1.82) is 0 Å². The van der Waals surface area contributed by atoms with Gasteiger partial charge in [-0.05, 0) is 56.5 Å². The molecule has 106 valence electrons. The topological polar surface area (TPSA) is 49.5 Å². The largest absolute Gasteiger partial charge is 0.388 e. The van der Waals surface area contributed by atoms with Gasteiger partial charge in [-0.15, -0.1) is 0 Å². The quantitative estimate of drug-likeness (QED) is 0.876. The van der Waals surface area contributed by atoms with E-state index in [1.54, 1.807) is 19.1 Å². The molecule has 0 amide bonds. The maximum Gasteiger partial charge on any atom is 0.126 e. The van der Waals surface area contributed by atoms with Crippen LogP contribution >= 0.6 is 0 Å². The Kier molecular flexibility index (Phi) is 4.91. The fourth-order valence-corrected chi connectivity index (χ4v) is 2.52. The predicted octanol–water partition coefficient (Wildman–Crippen LogP) is 1.98. The van der Waals surface area contributed by atoms with E-state index in [9.17, 15) is 9.50 Å². The van der Waals surface area contributed by atoms with Crippen molar-refractivity contribution in [2.75, 3.05) is 19.6 Å². The van der Waals surface area contributed by atoms with Crippen LogP contribution in [0.1, 0.15) is 36.5 Å². The Morgan fingerprint density at radius 1 is 1.42 bits per heavy atom. The highest BCUT2D eigenvalue weighted by atomic mass is 19.1. The van der Waals surface area contributed by atoms with Gasteiger partial charge < -0.3 is 15.7 Å². The Morgan fingerprint density at radius 2 is 2.11 bits per heavy atom. The zero-order valence-electron chi connectivity index (χ0n) is 11.5. The van der Waals surface area contributed by atoms with E-state index in [0.29, 0.717) is 18.0 Å². The summed E-state index contributed by atoms with van der Waals surface area (Å²) in [6.07, 6.45) is 2.23. The summed E-state index contributed by atoms with van der Waals surface area (Å²) in [5.41, 5.74) is 7.25. The molecule has 0 saturated carbocycles. The van der Waals surface area contributed by atoms with Crippen LogP contribution in [0.2, 0.25) is 0 Å². The monoisotopic (exact) mass is 266 g/mol. The van der Waals surface area contributed by atoms with Gasteiger partial charge in [-0.3, -0.25) is 0 Å². The van der Waals surface area contributed by atoms with Crippen molar-refractivity contribution in [3.8, 4) is 0 Å². The number of aliphatic hydroxyl groups is 1. The van der Waals surface area contributed by atoms with E-state index >= 15 is 0 Å². The Morgan fingerprint density at radius 3 is 2.74 bits per heavy atom. The number of nitrogens with zero attached hydrogens (tertiary/aromatic N) is 1. The summed E-state index contributed by atoms with van der Waals surface area (Å²) in [7, 11) is 0. The number of rotatable bonds is 4. The smallest absolute Gasteiger partial charge is 0.126 e. The van der Waals surface area contributed by atoms with Crippen LogP contribution in [0.3, 0.4) is 0 Å². The van der Waals surface area contributed by atoms with Gasteiger partial charge >= 0.3 is 0 Å². The minimum absolute atomic E-state index is 0.221. The number of hydrogen-bond donors (Lipinski definition) is 2. The molecule has 1 aromatic carbocycles. The van der Waals surface area contributed by atoms with Crippen LogP contribution in [0.25, 0.3) is 0 Å². The molecule has 4 heteroatoms. The number of likely N-dealkylation sites (tertiary alicyclic amines) is 1. The number of aryl methyl sites for hydroxylation is 1. The Bertz CT molecular complexity index is 417. The average molecular weight is 266 g/mol. The molecule has 0 aromatic heterocycles. The maximum atomic E-state index is 13.2. The van der Waals surface area contributed by atoms with Crippen LogP contribution in [-0.4, -0.2) is 35.7 Å². The van der Waals surface area contributed by atoms with E-state index in [1.165, 1.54) is 6.07 Å². The normalized spacial score (nSPS) is 19.6. The lowest BCUT2D eigenvalue weighted by molar-refractivity contribution is 0.131. The standard InChI is InChI=1S/C15H23FN2O/c1-11-10-12(2-3-14(11)16)15(19)6-9-18-7-4-13(17)5-8-18/h2-3,10,13,15,19H,4-9,17H2,1H3. The number of piperidine rings is 1. The minimum atomic E-state index is -0.519. The van der Waals surface area contributed by atoms with Crippen molar-refractivity contribution in [3.05, 3.63) is 35.1 Å². The molecule has 2 rings (SSSR count). The third kappa shape index (κ3) is 4.00. The van der Waals surface area contributed by atoms with Gasteiger partial charge in [0.2, 0.25) is 0 Å². The predicted molar refractivity (Wildman–Crippen MR) is 74.4 cm³/mol. The zero-order chi connectivity index (χ0) is 13.8. The highest BCUT2D eigenvalue weighted by molar-refractivity contribution is 5.25. The third-order valence-corrected chi connectivity index (χ3v) is 3.92. The lowest BCUT2D eigenvalue weighted by Crippen LogP contribution is -2.40. The molecular formula is C15H23FN2O. The first-order chi connectivity index (χ1) is 9.06. The highest BCUT2D eigenvalue weighted by Gasteiger charge is 2.17. The summed E-state index contributed by atoms with van der Waals surface area (Å²) in [5.74, 6) is -0.221. The van der Waals surface area contributed by atoms with Crippen LogP contribution in [0.5, 0.6) is 0 Å². The van der Waals surface area contributed by atoms with Gasteiger partial charge in [0.05, 0.1) is 6.10 Å².